The second-order valence-electron chi connectivity index (χ2n) is 7.34. The standard InChI is InChI=1S/C22H22N4O5S/c1-15(27)26(18-7-10-23-11-8-18)25-12-9-21(22(25)28)24-32(29,30)20-6-4-16-3-5-19(31-2)13-17(16)14-20/h3-8,10-11,13-14,21,24H,9,12H2,1-2H3. The number of rotatable bonds is 6. The molecule has 1 saturated heterocycles. The Morgan fingerprint density at radius 3 is 2.53 bits per heavy atom. The summed E-state index contributed by atoms with van der Waals surface area (Å²) >= 11 is 0. The van der Waals surface area contributed by atoms with Crippen molar-refractivity contribution in [2.24, 2.45) is 0 Å². The largest absolute Gasteiger partial charge is 0.497 e. The molecule has 3 aromatic rings. The monoisotopic (exact) mass is 454 g/mol. The second-order valence-corrected chi connectivity index (χ2v) is 9.05. The van der Waals surface area contributed by atoms with E-state index in [-0.39, 0.29) is 23.8 Å². The van der Waals surface area contributed by atoms with E-state index >= 15 is 0 Å². The van der Waals surface area contributed by atoms with Gasteiger partial charge in [-0.1, -0.05) is 12.1 Å². The van der Waals surface area contributed by atoms with Gasteiger partial charge in [-0.25, -0.2) is 18.4 Å². The minimum absolute atomic E-state index is 0.0436. The quantitative estimate of drug-likeness (QED) is 0.611. The second kappa shape index (κ2) is 8.56. The third-order valence-corrected chi connectivity index (χ3v) is 6.72. The van der Waals surface area contributed by atoms with E-state index in [1.807, 2.05) is 6.07 Å². The Bertz CT molecular complexity index is 1280. The van der Waals surface area contributed by atoms with Crippen LogP contribution < -0.4 is 14.5 Å². The number of nitrogens with zero attached hydrogens (tertiary/aromatic N) is 3. The van der Waals surface area contributed by atoms with E-state index in [0.29, 0.717) is 16.8 Å². The van der Waals surface area contributed by atoms with Gasteiger partial charge in [0.2, 0.25) is 15.9 Å². The van der Waals surface area contributed by atoms with Crippen LogP contribution in [0.1, 0.15) is 13.3 Å². The average Bonchev–Trinajstić information content (AvgIpc) is 3.12. The minimum Gasteiger partial charge on any atom is -0.497 e. The molecular formula is C22H22N4O5S. The topological polar surface area (TPSA) is 109 Å². The van der Waals surface area contributed by atoms with Gasteiger partial charge >= 0.3 is 0 Å². The third-order valence-electron chi connectivity index (χ3n) is 5.26. The highest BCUT2D eigenvalue weighted by Crippen LogP contribution is 2.26. The zero-order chi connectivity index (χ0) is 22.9. The summed E-state index contributed by atoms with van der Waals surface area (Å²) in [7, 11) is -2.43. The number of aromatic nitrogens is 1. The van der Waals surface area contributed by atoms with Gasteiger partial charge in [0.1, 0.15) is 11.8 Å². The first kappa shape index (κ1) is 21.7. The van der Waals surface area contributed by atoms with Crippen LogP contribution in [0, 0.1) is 0 Å². The lowest BCUT2D eigenvalue weighted by Crippen LogP contribution is -2.50. The van der Waals surface area contributed by atoms with Crippen molar-refractivity contribution in [1.82, 2.24) is 14.7 Å². The predicted octanol–water partition coefficient (Wildman–Crippen LogP) is 2.09. The molecular weight excluding hydrogens is 432 g/mol. The molecule has 0 spiro atoms. The number of hydrogen-bond donors (Lipinski definition) is 1. The van der Waals surface area contributed by atoms with Gasteiger partial charge in [-0.05, 0) is 53.6 Å². The summed E-state index contributed by atoms with van der Waals surface area (Å²) in [6.07, 6.45) is 3.26. The summed E-state index contributed by atoms with van der Waals surface area (Å²) in [4.78, 5) is 29.2. The maximum absolute atomic E-state index is 13.0. The Morgan fingerprint density at radius 2 is 1.84 bits per heavy atom. The van der Waals surface area contributed by atoms with E-state index in [9.17, 15) is 18.0 Å². The van der Waals surface area contributed by atoms with E-state index in [0.717, 1.165) is 5.39 Å². The number of sulfonamides is 1. The summed E-state index contributed by atoms with van der Waals surface area (Å²) in [6.45, 7) is 1.54. The molecule has 9 nitrogen and oxygen atoms in total. The van der Waals surface area contributed by atoms with Crippen LogP contribution in [-0.4, -0.2) is 49.9 Å². The molecule has 2 aromatic carbocycles. The van der Waals surface area contributed by atoms with Gasteiger partial charge < -0.3 is 4.74 Å². The van der Waals surface area contributed by atoms with Crippen molar-refractivity contribution in [3.05, 3.63) is 60.9 Å². The number of fused-ring (bicyclic) bond motifs is 1. The molecule has 1 aliphatic heterocycles. The first-order valence-electron chi connectivity index (χ1n) is 9.92. The van der Waals surface area contributed by atoms with Gasteiger partial charge in [0.15, 0.2) is 0 Å². The molecule has 0 saturated carbocycles. The van der Waals surface area contributed by atoms with Crippen molar-refractivity contribution in [3.8, 4) is 5.75 Å². The van der Waals surface area contributed by atoms with Crippen molar-refractivity contribution in [2.45, 2.75) is 24.3 Å². The van der Waals surface area contributed by atoms with Crippen molar-refractivity contribution in [2.75, 3.05) is 18.7 Å². The van der Waals surface area contributed by atoms with E-state index < -0.39 is 22.0 Å². The summed E-state index contributed by atoms with van der Waals surface area (Å²) in [5.74, 6) is -0.248. The third kappa shape index (κ3) is 4.14. The lowest BCUT2D eigenvalue weighted by molar-refractivity contribution is -0.134. The van der Waals surface area contributed by atoms with Gasteiger partial charge in [-0.3, -0.25) is 14.6 Å². The van der Waals surface area contributed by atoms with E-state index in [1.165, 1.54) is 48.6 Å². The van der Waals surface area contributed by atoms with Crippen molar-refractivity contribution >= 4 is 38.3 Å². The number of amides is 2. The number of ether oxygens (including phenoxy) is 1. The molecule has 4 rings (SSSR count). The minimum atomic E-state index is -3.97. The Labute approximate surface area is 185 Å². The molecule has 0 aliphatic carbocycles. The predicted molar refractivity (Wildman–Crippen MR) is 118 cm³/mol. The van der Waals surface area contributed by atoms with Gasteiger partial charge in [0, 0.05) is 25.9 Å². The number of benzene rings is 2. The van der Waals surface area contributed by atoms with Crippen LogP contribution in [0.2, 0.25) is 0 Å². The van der Waals surface area contributed by atoms with Crippen molar-refractivity contribution < 1.29 is 22.7 Å². The number of nitrogens with one attached hydrogen (secondary N) is 1. The molecule has 2 heterocycles. The van der Waals surface area contributed by atoms with E-state index in [4.69, 9.17) is 4.74 Å². The molecule has 1 N–H and O–H groups in total. The van der Waals surface area contributed by atoms with Crippen LogP contribution >= 0.6 is 0 Å². The number of pyridine rings is 1. The molecule has 1 atom stereocenters. The number of methoxy groups -OCH3 is 1. The molecule has 2 amide bonds. The summed E-state index contributed by atoms with van der Waals surface area (Å²) in [5, 5.41) is 4.06. The maximum atomic E-state index is 13.0. The van der Waals surface area contributed by atoms with Crippen LogP contribution in [0.25, 0.3) is 10.8 Å². The highest BCUT2D eigenvalue weighted by Gasteiger charge is 2.39. The number of carbonyl (C=O) groups is 2. The Balaban J connectivity index is 1.57. The van der Waals surface area contributed by atoms with Crippen molar-refractivity contribution in [1.29, 1.82) is 0 Å². The lowest BCUT2D eigenvalue weighted by atomic mass is 10.1. The number of hydrogen-bond acceptors (Lipinski definition) is 6. The van der Waals surface area contributed by atoms with Crippen LogP contribution in [0.3, 0.4) is 0 Å². The summed E-state index contributed by atoms with van der Waals surface area (Å²) in [6, 6.07) is 12.3. The molecule has 0 bridgehead atoms. The van der Waals surface area contributed by atoms with Gasteiger partial charge in [0.05, 0.1) is 17.7 Å². The molecule has 0 radical (unpaired) electrons. The normalized spacial score (nSPS) is 16.4. The Kier molecular flexibility index (Phi) is 5.81. The highest BCUT2D eigenvalue weighted by molar-refractivity contribution is 7.89. The number of anilines is 1. The van der Waals surface area contributed by atoms with Crippen LogP contribution in [0.5, 0.6) is 5.75 Å². The average molecular weight is 455 g/mol. The SMILES string of the molecule is COc1ccc2ccc(S(=O)(=O)NC3CCN(N(C(C)=O)c4ccncc4)C3=O)cc2c1. The molecule has 32 heavy (non-hydrogen) atoms. The molecule has 1 fully saturated rings. The zero-order valence-corrected chi connectivity index (χ0v) is 18.4. The van der Waals surface area contributed by atoms with E-state index in [2.05, 4.69) is 9.71 Å². The molecule has 1 unspecified atom stereocenters. The summed E-state index contributed by atoms with van der Waals surface area (Å²) in [5.41, 5.74) is 0.479. The van der Waals surface area contributed by atoms with Crippen LogP contribution in [0.15, 0.2) is 65.8 Å². The Morgan fingerprint density at radius 1 is 1.12 bits per heavy atom. The number of carbonyl (C=O) groups excluding carboxylic acids is 2. The van der Waals surface area contributed by atoms with Gasteiger partial charge in [-0.2, -0.15) is 4.72 Å². The zero-order valence-electron chi connectivity index (χ0n) is 17.6. The molecule has 1 aliphatic rings. The Hall–Kier alpha value is -3.50. The smallest absolute Gasteiger partial charge is 0.259 e. The maximum Gasteiger partial charge on any atom is 0.259 e. The molecule has 1 aromatic heterocycles. The molecule has 10 heteroatoms. The van der Waals surface area contributed by atoms with Gasteiger partial charge in [0.25, 0.3) is 5.91 Å². The number of hydrazine groups is 1. The molecule has 166 valence electrons. The fourth-order valence-electron chi connectivity index (χ4n) is 3.70. The summed E-state index contributed by atoms with van der Waals surface area (Å²) < 4.78 is 33.7. The van der Waals surface area contributed by atoms with Crippen LogP contribution in [0.4, 0.5) is 5.69 Å². The van der Waals surface area contributed by atoms with E-state index in [1.54, 1.807) is 30.3 Å². The van der Waals surface area contributed by atoms with Gasteiger partial charge in [-0.15, -0.1) is 0 Å². The highest BCUT2D eigenvalue weighted by atomic mass is 32.2. The first-order valence-corrected chi connectivity index (χ1v) is 11.4. The van der Waals surface area contributed by atoms with Crippen molar-refractivity contribution in [3.63, 3.8) is 0 Å². The fourth-order valence-corrected chi connectivity index (χ4v) is 4.96. The first-order chi connectivity index (χ1) is 15.3. The fraction of sp³-hybridized carbons (Fsp3) is 0.227. The van der Waals surface area contributed by atoms with Crippen LogP contribution in [-0.2, 0) is 19.6 Å². The lowest BCUT2D eigenvalue weighted by Gasteiger charge is -2.30.